The van der Waals surface area contributed by atoms with Crippen LogP contribution in [0.15, 0.2) is 34.3 Å². The Balaban J connectivity index is 1.73. The molecule has 128 valence electrons. The van der Waals surface area contributed by atoms with Crippen molar-refractivity contribution in [3.8, 4) is 0 Å². The lowest BCUT2D eigenvalue weighted by atomic mass is 9.81. The molecule has 2 aliphatic carbocycles. The summed E-state index contributed by atoms with van der Waals surface area (Å²) < 4.78 is 39.3. The van der Waals surface area contributed by atoms with Crippen molar-refractivity contribution in [2.24, 2.45) is 23.7 Å². The molecule has 2 bridgehead atoms. The van der Waals surface area contributed by atoms with Crippen molar-refractivity contribution in [2.45, 2.75) is 25.7 Å². The molecule has 2 fully saturated rings. The van der Waals surface area contributed by atoms with Gasteiger partial charge in [0.05, 0.1) is 11.5 Å². The number of hydrogen-bond donors (Lipinski definition) is 1. The zero-order chi connectivity index (χ0) is 17.4. The Hall–Kier alpha value is -1.34. The monoisotopic (exact) mass is 401 g/mol. The molecule has 1 amide bonds. The predicted molar refractivity (Wildman–Crippen MR) is 85.0 cm³/mol. The number of amides is 1. The molecule has 5 unspecified atom stereocenters. The first kappa shape index (κ1) is 16.1. The Morgan fingerprint density at radius 1 is 1.33 bits per heavy atom. The van der Waals surface area contributed by atoms with Gasteiger partial charge in [-0.2, -0.15) is 13.2 Å². The second kappa shape index (κ2) is 5.08. The lowest BCUT2D eigenvalue weighted by Crippen LogP contribution is -2.37. The summed E-state index contributed by atoms with van der Waals surface area (Å²) in [6, 6.07) is 3.63. The molecule has 5 atom stereocenters. The van der Waals surface area contributed by atoms with Crippen molar-refractivity contribution in [1.82, 2.24) is 0 Å². The van der Waals surface area contributed by atoms with Crippen LogP contribution in [0, 0.1) is 23.7 Å². The molecule has 1 aliphatic heterocycles. The van der Waals surface area contributed by atoms with E-state index in [1.54, 1.807) is 0 Å². The molecule has 24 heavy (non-hydrogen) atoms. The van der Waals surface area contributed by atoms with Crippen LogP contribution < -0.4 is 4.90 Å². The van der Waals surface area contributed by atoms with Crippen molar-refractivity contribution in [3.63, 3.8) is 0 Å². The minimum atomic E-state index is -4.53. The van der Waals surface area contributed by atoms with E-state index >= 15 is 0 Å². The summed E-state index contributed by atoms with van der Waals surface area (Å²) in [5.41, 5.74) is 0.408. The largest absolute Gasteiger partial charge is 0.417 e. The Morgan fingerprint density at radius 3 is 2.71 bits per heavy atom. The van der Waals surface area contributed by atoms with E-state index in [9.17, 15) is 23.1 Å². The number of fused-ring (bicyclic) bond motifs is 5. The summed E-state index contributed by atoms with van der Waals surface area (Å²) in [6.45, 7) is 1.99. The Bertz CT molecular complexity index is 761. The SMILES string of the molecule is CC1=CC2CC1C1C2C(=O)N(c2ccc(Br)c(C(F)(F)F)c2)C1O. The highest BCUT2D eigenvalue weighted by molar-refractivity contribution is 9.10. The highest BCUT2D eigenvalue weighted by Gasteiger charge is 2.60. The summed E-state index contributed by atoms with van der Waals surface area (Å²) in [6.07, 6.45) is -2.69. The molecule has 1 N–H and O–H groups in total. The minimum absolute atomic E-state index is 0.0855. The third-order valence-electron chi connectivity index (χ3n) is 5.59. The topological polar surface area (TPSA) is 40.5 Å². The van der Waals surface area contributed by atoms with Crippen LogP contribution in [-0.4, -0.2) is 17.2 Å². The molecule has 3 aliphatic rings. The number of allylic oxidation sites excluding steroid dienone is 2. The fourth-order valence-electron chi connectivity index (χ4n) is 4.62. The van der Waals surface area contributed by atoms with Gasteiger partial charge in [-0.3, -0.25) is 9.69 Å². The molecule has 1 aromatic rings. The number of rotatable bonds is 1. The van der Waals surface area contributed by atoms with Crippen molar-refractivity contribution >= 4 is 27.5 Å². The number of aliphatic hydroxyl groups is 1. The quantitative estimate of drug-likeness (QED) is 0.723. The Kier molecular flexibility index (Phi) is 3.42. The maximum absolute atomic E-state index is 13.1. The molecule has 0 spiro atoms. The van der Waals surface area contributed by atoms with Gasteiger partial charge in [-0.05, 0) is 43.4 Å². The van der Waals surface area contributed by atoms with Crippen LogP contribution in [0.5, 0.6) is 0 Å². The van der Waals surface area contributed by atoms with Gasteiger partial charge >= 0.3 is 6.18 Å². The van der Waals surface area contributed by atoms with Gasteiger partial charge in [-0.15, -0.1) is 0 Å². The van der Waals surface area contributed by atoms with Gasteiger partial charge in [0.1, 0.15) is 6.23 Å². The number of aliphatic hydroxyl groups excluding tert-OH is 1. The van der Waals surface area contributed by atoms with E-state index < -0.39 is 18.0 Å². The zero-order valence-corrected chi connectivity index (χ0v) is 14.3. The van der Waals surface area contributed by atoms with Gasteiger partial charge in [-0.25, -0.2) is 0 Å². The van der Waals surface area contributed by atoms with Crippen molar-refractivity contribution in [1.29, 1.82) is 0 Å². The van der Waals surface area contributed by atoms with E-state index in [0.717, 1.165) is 17.4 Å². The molecule has 1 saturated heterocycles. The van der Waals surface area contributed by atoms with Crippen LogP contribution in [0.1, 0.15) is 18.9 Å². The third-order valence-corrected chi connectivity index (χ3v) is 6.28. The molecule has 0 radical (unpaired) electrons. The van der Waals surface area contributed by atoms with E-state index in [1.165, 1.54) is 17.7 Å². The molecule has 1 saturated carbocycles. The van der Waals surface area contributed by atoms with Gasteiger partial charge in [0.15, 0.2) is 0 Å². The first-order valence-corrected chi connectivity index (χ1v) is 8.55. The standard InChI is InChI=1S/C17H15BrF3NO2/c1-7-4-8-5-10(7)14-13(8)15(23)22(16(14)24)9-2-3-12(18)11(6-9)17(19,20)21/h2-4,6,8,10,13-14,16,24H,5H2,1H3. The van der Waals surface area contributed by atoms with Crippen LogP contribution in [0.4, 0.5) is 18.9 Å². The number of halogens is 4. The first-order chi connectivity index (χ1) is 11.2. The molecule has 7 heteroatoms. The molecular weight excluding hydrogens is 387 g/mol. The number of alkyl halides is 3. The molecule has 0 aromatic heterocycles. The number of carbonyl (C=O) groups excluding carboxylic acids is 1. The number of hydrogen-bond acceptors (Lipinski definition) is 2. The maximum Gasteiger partial charge on any atom is 0.417 e. The van der Waals surface area contributed by atoms with E-state index in [0.29, 0.717) is 0 Å². The van der Waals surface area contributed by atoms with Gasteiger partial charge in [0.25, 0.3) is 0 Å². The van der Waals surface area contributed by atoms with Crippen LogP contribution in [0.2, 0.25) is 0 Å². The second-order valence-corrected chi connectivity index (χ2v) is 7.66. The van der Waals surface area contributed by atoms with Crippen LogP contribution in [-0.2, 0) is 11.0 Å². The minimum Gasteiger partial charge on any atom is -0.373 e. The second-order valence-electron chi connectivity index (χ2n) is 6.80. The fourth-order valence-corrected chi connectivity index (χ4v) is 5.09. The maximum atomic E-state index is 13.1. The van der Waals surface area contributed by atoms with E-state index in [1.807, 2.05) is 6.92 Å². The number of carbonyl (C=O) groups is 1. The van der Waals surface area contributed by atoms with E-state index in [-0.39, 0.29) is 39.7 Å². The average molecular weight is 402 g/mol. The summed E-state index contributed by atoms with van der Waals surface area (Å²) in [5.74, 6) is -0.609. The smallest absolute Gasteiger partial charge is 0.373 e. The third kappa shape index (κ3) is 2.10. The van der Waals surface area contributed by atoms with E-state index in [4.69, 9.17) is 0 Å². The van der Waals surface area contributed by atoms with Gasteiger partial charge in [0.2, 0.25) is 5.91 Å². The first-order valence-electron chi connectivity index (χ1n) is 7.76. The van der Waals surface area contributed by atoms with Crippen LogP contribution >= 0.6 is 15.9 Å². The number of anilines is 1. The zero-order valence-electron chi connectivity index (χ0n) is 12.7. The molecule has 3 nitrogen and oxygen atoms in total. The molecule has 1 aromatic carbocycles. The average Bonchev–Trinajstić information content (AvgIpc) is 3.10. The summed E-state index contributed by atoms with van der Waals surface area (Å²) in [7, 11) is 0. The fraction of sp³-hybridized carbons (Fsp3) is 0.471. The Labute approximate surface area is 145 Å². The Morgan fingerprint density at radius 2 is 2.04 bits per heavy atom. The highest BCUT2D eigenvalue weighted by Crippen LogP contribution is 2.57. The van der Waals surface area contributed by atoms with Crippen molar-refractivity contribution < 1.29 is 23.1 Å². The lowest BCUT2D eigenvalue weighted by molar-refractivity contribution is -0.138. The highest BCUT2D eigenvalue weighted by atomic mass is 79.9. The molecular formula is C17H15BrF3NO2. The summed E-state index contributed by atoms with van der Waals surface area (Å²) in [5, 5.41) is 10.7. The predicted octanol–water partition coefficient (Wildman–Crippen LogP) is 3.96. The van der Waals surface area contributed by atoms with Gasteiger partial charge in [-0.1, -0.05) is 27.6 Å². The van der Waals surface area contributed by atoms with Crippen molar-refractivity contribution in [2.75, 3.05) is 4.90 Å². The van der Waals surface area contributed by atoms with Gasteiger partial charge in [0, 0.05) is 16.1 Å². The van der Waals surface area contributed by atoms with Crippen molar-refractivity contribution in [3.05, 3.63) is 39.9 Å². The normalized spacial score (nSPS) is 34.8. The number of nitrogens with zero attached hydrogens (tertiary/aromatic N) is 1. The summed E-state index contributed by atoms with van der Waals surface area (Å²) >= 11 is 2.90. The lowest BCUT2D eigenvalue weighted by Gasteiger charge is -2.27. The molecule has 4 rings (SSSR count). The van der Waals surface area contributed by atoms with Crippen LogP contribution in [0.25, 0.3) is 0 Å². The summed E-state index contributed by atoms with van der Waals surface area (Å²) in [4.78, 5) is 13.9. The van der Waals surface area contributed by atoms with Gasteiger partial charge < -0.3 is 5.11 Å². The number of benzene rings is 1. The van der Waals surface area contributed by atoms with E-state index in [2.05, 4.69) is 22.0 Å². The molecule has 1 heterocycles. The van der Waals surface area contributed by atoms with Crippen LogP contribution in [0.3, 0.4) is 0 Å².